The van der Waals surface area contributed by atoms with E-state index in [9.17, 15) is 4.79 Å². The number of benzene rings is 1. The Morgan fingerprint density at radius 2 is 2.19 bits per heavy atom. The number of rotatable bonds is 2. The second-order valence-electron chi connectivity index (χ2n) is 4.75. The average molecular weight is 217 g/mol. The van der Waals surface area contributed by atoms with Gasteiger partial charge in [0.25, 0.3) is 0 Å². The molecule has 1 aliphatic rings. The van der Waals surface area contributed by atoms with Crippen molar-refractivity contribution in [3.63, 3.8) is 0 Å². The molecule has 1 atom stereocenters. The molecule has 0 aromatic heterocycles. The van der Waals surface area contributed by atoms with Crippen molar-refractivity contribution >= 4 is 5.78 Å². The molecule has 2 nitrogen and oxygen atoms in total. The predicted octanol–water partition coefficient (Wildman–Crippen LogP) is 2.02. The second-order valence-corrected chi connectivity index (χ2v) is 4.75. The van der Waals surface area contributed by atoms with Gasteiger partial charge >= 0.3 is 0 Å². The van der Waals surface area contributed by atoms with E-state index in [2.05, 4.69) is 37.4 Å². The summed E-state index contributed by atoms with van der Waals surface area (Å²) in [5.74, 6) is 0.592. The van der Waals surface area contributed by atoms with Gasteiger partial charge in [-0.05, 0) is 31.4 Å². The Morgan fingerprint density at radius 3 is 2.94 bits per heavy atom. The van der Waals surface area contributed by atoms with Crippen molar-refractivity contribution in [2.75, 3.05) is 13.1 Å². The van der Waals surface area contributed by atoms with Crippen LogP contribution < -0.4 is 5.32 Å². The third-order valence-electron chi connectivity index (χ3n) is 3.37. The molecule has 0 saturated carbocycles. The number of carbonyl (C=O) groups is 1. The molecule has 0 bridgehead atoms. The Kier molecular flexibility index (Phi) is 3.39. The minimum atomic E-state index is 0.175. The molecule has 0 spiro atoms. The normalized spacial score (nSPS) is 21.1. The van der Waals surface area contributed by atoms with Gasteiger partial charge in [0, 0.05) is 25.4 Å². The van der Waals surface area contributed by atoms with E-state index in [-0.39, 0.29) is 5.92 Å². The monoisotopic (exact) mass is 217 g/mol. The highest BCUT2D eigenvalue weighted by atomic mass is 16.1. The predicted molar refractivity (Wildman–Crippen MR) is 65.6 cm³/mol. The summed E-state index contributed by atoms with van der Waals surface area (Å²) in [7, 11) is 0. The lowest BCUT2D eigenvalue weighted by atomic mass is 9.89. The smallest absolute Gasteiger partial charge is 0.138 e. The largest absolute Gasteiger partial charge is 0.316 e. The van der Waals surface area contributed by atoms with Crippen molar-refractivity contribution in [1.29, 1.82) is 0 Å². The SMILES string of the molecule is Cc1ccc(C)c(CC2CNCCC2=O)c1. The first-order chi connectivity index (χ1) is 7.66. The van der Waals surface area contributed by atoms with E-state index in [1.807, 2.05) is 0 Å². The van der Waals surface area contributed by atoms with Crippen molar-refractivity contribution in [2.24, 2.45) is 5.92 Å². The van der Waals surface area contributed by atoms with E-state index >= 15 is 0 Å². The number of hydrogen-bond donors (Lipinski definition) is 1. The van der Waals surface area contributed by atoms with Gasteiger partial charge in [0.2, 0.25) is 0 Å². The van der Waals surface area contributed by atoms with E-state index < -0.39 is 0 Å². The zero-order valence-corrected chi connectivity index (χ0v) is 10.0. The minimum Gasteiger partial charge on any atom is -0.316 e. The Morgan fingerprint density at radius 1 is 1.38 bits per heavy atom. The number of ketones is 1. The minimum absolute atomic E-state index is 0.175. The number of nitrogens with one attached hydrogen (secondary N) is 1. The molecular formula is C14H19NO. The number of piperidine rings is 1. The fourth-order valence-corrected chi connectivity index (χ4v) is 2.28. The highest BCUT2D eigenvalue weighted by Gasteiger charge is 2.22. The fraction of sp³-hybridized carbons (Fsp3) is 0.500. The summed E-state index contributed by atoms with van der Waals surface area (Å²) < 4.78 is 0. The lowest BCUT2D eigenvalue weighted by Crippen LogP contribution is -2.38. The first-order valence-electron chi connectivity index (χ1n) is 5.96. The third-order valence-corrected chi connectivity index (χ3v) is 3.37. The lowest BCUT2D eigenvalue weighted by Gasteiger charge is -2.22. The Balaban J connectivity index is 2.13. The van der Waals surface area contributed by atoms with Crippen LogP contribution in [0.25, 0.3) is 0 Å². The molecule has 16 heavy (non-hydrogen) atoms. The summed E-state index contributed by atoms with van der Waals surface area (Å²) in [5, 5.41) is 3.30. The molecule has 86 valence electrons. The Hall–Kier alpha value is -1.15. The maximum atomic E-state index is 11.8. The van der Waals surface area contributed by atoms with E-state index in [0.717, 1.165) is 19.5 Å². The van der Waals surface area contributed by atoms with Gasteiger partial charge in [0.15, 0.2) is 0 Å². The summed E-state index contributed by atoms with van der Waals surface area (Å²) in [6, 6.07) is 6.47. The zero-order valence-electron chi connectivity index (χ0n) is 10.0. The lowest BCUT2D eigenvalue weighted by molar-refractivity contribution is -0.123. The highest BCUT2D eigenvalue weighted by molar-refractivity contribution is 5.82. The number of carbonyl (C=O) groups excluding carboxylic acids is 1. The number of hydrogen-bond acceptors (Lipinski definition) is 2. The van der Waals surface area contributed by atoms with Crippen molar-refractivity contribution < 1.29 is 4.79 Å². The van der Waals surface area contributed by atoms with Gasteiger partial charge in [0.05, 0.1) is 0 Å². The Labute approximate surface area is 97.1 Å². The first-order valence-corrected chi connectivity index (χ1v) is 5.96. The quantitative estimate of drug-likeness (QED) is 0.821. The Bertz CT molecular complexity index is 398. The maximum absolute atomic E-state index is 11.8. The fourth-order valence-electron chi connectivity index (χ4n) is 2.28. The molecule has 1 aliphatic heterocycles. The molecule has 2 heteroatoms. The molecule has 1 unspecified atom stereocenters. The molecule has 1 saturated heterocycles. The van der Waals surface area contributed by atoms with Crippen LogP contribution in [0.3, 0.4) is 0 Å². The van der Waals surface area contributed by atoms with Gasteiger partial charge in [0.1, 0.15) is 5.78 Å². The molecule has 1 aromatic carbocycles. The molecule has 1 N–H and O–H groups in total. The molecule has 2 rings (SSSR count). The summed E-state index contributed by atoms with van der Waals surface area (Å²) >= 11 is 0. The molecule has 1 heterocycles. The van der Waals surface area contributed by atoms with Crippen LogP contribution in [0.5, 0.6) is 0 Å². The van der Waals surface area contributed by atoms with Gasteiger partial charge in [-0.25, -0.2) is 0 Å². The summed E-state index contributed by atoms with van der Waals surface area (Å²) in [4.78, 5) is 11.8. The zero-order chi connectivity index (χ0) is 11.5. The highest BCUT2D eigenvalue weighted by Crippen LogP contribution is 2.18. The molecule has 1 aromatic rings. The van der Waals surface area contributed by atoms with Gasteiger partial charge in [-0.3, -0.25) is 4.79 Å². The summed E-state index contributed by atoms with van der Waals surface area (Å²) in [6.45, 7) is 5.91. The molecule has 1 fully saturated rings. The van der Waals surface area contributed by atoms with Gasteiger partial charge in [-0.15, -0.1) is 0 Å². The molecule has 0 aliphatic carbocycles. The number of Topliss-reactive ketones (excluding diaryl/α,β-unsaturated/α-hetero) is 1. The van der Waals surface area contributed by atoms with Crippen LogP contribution in [-0.4, -0.2) is 18.9 Å². The molecular weight excluding hydrogens is 198 g/mol. The average Bonchev–Trinajstić information content (AvgIpc) is 2.27. The molecule has 0 radical (unpaired) electrons. The van der Waals surface area contributed by atoms with E-state index in [1.54, 1.807) is 0 Å². The maximum Gasteiger partial charge on any atom is 0.138 e. The summed E-state index contributed by atoms with van der Waals surface area (Å²) in [6.07, 6.45) is 1.58. The molecule has 0 amide bonds. The van der Waals surface area contributed by atoms with Crippen LogP contribution in [0.15, 0.2) is 18.2 Å². The van der Waals surface area contributed by atoms with Crippen LogP contribution in [0.4, 0.5) is 0 Å². The van der Waals surface area contributed by atoms with Crippen LogP contribution in [0.1, 0.15) is 23.1 Å². The standard InChI is InChI=1S/C14H19NO/c1-10-3-4-11(2)12(7-10)8-13-9-15-6-5-14(13)16/h3-4,7,13,15H,5-6,8-9H2,1-2H3. The van der Waals surface area contributed by atoms with Crippen LogP contribution in [0, 0.1) is 19.8 Å². The van der Waals surface area contributed by atoms with Crippen molar-refractivity contribution in [2.45, 2.75) is 26.7 Å². The topological polar surface area (TPSA) is 29.1 Å². The second kappa shape index (κ2) is 4.79. The van der Waals surface area contributed by atoms with E-state index in [4.69, 9.17) is 0 Å². The van der Waals surface area contributed by atoms with Gasteiger partial charge < -0.3 is 5.32 Å². The van der Waals surface area contributed by atoms with Crippen LogP contribution >= 0.6 is 0 Å². The van der Waals surface area contributed by atoms with Crippen molar-refractivity contribution in [1.82, 2.24) is 5.32 Å². The third kappa shape index (κ3) is 2.50. The van der Waals surface area contributed by atoms with Crippen molar-refractivity contribution in [3.05, 3.63) is 34.9 Å². The van der Waals surface area contributed by atoms with E-state index in [0.29, 0.717) is 12.2 Å². The van der Waals surface area contributed by atoms with Gasteiger partial charge in [-0.2, -0.15) is 0 Å². The summed E-state index contributed by atoms with van der Waals surface area (Å²) in [5.41, 5.74) is 3.89. The van der Waals surface area contributed by atoms with Crippen molar-refractivity contribution in [3.8, 4) is 0 Å². The van der Waals surface area contributed by atoms with Crippen LogP contribution in [-0.2, 0) is 11.2 Å². The number of aryl methyl sites for hydroxylation is 2. The first kappa shape index (κ1) is 11.3. The van der Waals surface area contributed by atoms with Gasteiger partial charge in [-0.1, -0.05) is 23.8 Å². The van der Waals surface area contributed by atoms with E-state index in [1.165, 1.54) is 16.7 Å². The van der Waals surface area contributed by atoms with Crippen LogP contribution in [0.2, 0.25) is 0 Å².